The molecular weight excluding hydrogens is 244 g/mol. The lowest BCUT2D eigenvalue weighted by Gasteiger charge is -2.48. The van der Waals surface area contributed by atoms with E-state index >= 15 is 0 Å². The summed E-state index contributed by atoms with van der Waals surface area (Å²) in [7, 11) is 3.02. The first-order valence-corrected chi connectivity index (χ1v) is 6.49. The van der Waals surface area contributed by atoms with E-state index in [1.54, 1.807) is 13.8 Å². The second-order valence-corrected chi connectivity index (χ2v) is 5.24. The monoisotopic (exact) mass is 264 g/mol. The highest BCUT2D eigenvalue weighted by Crippen LogP contribution is 2.37. The van der Waals surface area contributed by atoms with E-state index in [4.69, 9.17) is 18.9 Å². The highest BCUT2D eigenvalue weighted by molar-refractivity contribution is 8.13. The summed E-state index contributed by atoms with van der Waals surface area (Å²) < 4.78 is 21.9. The standard InChI is InChI=1S/C11H20O5S/c1-6-17-9(12)8-7-15-10(2,13-4)11(3,14-5)16-8/h8H,6-7H2,1-5H3/t8-,10-,11-/m0/s1. The molecule has 5 nitrogen and oxygen atoms in total. The maximum atomic E-state index is 11.8. The van der Waals surface area contributed by atoms with Crippen molar-refractivity contribution in [1.82, 2.24) is 0 Å². The Labute approximate surface area is 106 Å². The van der Waals surface area contributed by atoms with Crippen LogP contribution in [-0.2, 0) is 23.7 Å². The van der Waals surface area contributed by atoms with Crippen LogP contribution in [0.5, 0.6) is 0 Å². The molecule has 1 rings (SSSR count). The minimum atomic E-state index is -1.10. The third-order valence-corrected chi connectivity index (χ3v) is 3.87. The lowest BCUT2D eigenvalue weighted by Crippen LogP contribution is -2.63. The van der Waals surface area contributed by atoms with Crippen molar-refractivity contribution in [2.45, 2.75) is 38.4 Å². The van der Waals surface area contributed by atoms with E-state index in [1.165, 1.54) is 26.0 Å². The van der Waals surface area contributed by atoms with Crippen LogP contribution in [-0.4, -0.2) is 49.4 Å². The van der Waals surface area contributed by atoms with E-state index in [1.807, 2.05) is 6.92 Å². The molecule has 0 aromatic heterocycles. The molecule has 1 heterocycles. The lowest BCUT2D eigenvalue weighted by atomic mass is 10.1. The number of carbonyl (C=O) groups excluding carboxylic acids is 1. The highest BCUT2D eigenvalue weighted by Gasteiger charge is 2.54. The van der Waals surface area contributed by atoms with E-state index in [9.17, 15) is 4.79 Å². The maximum absolute atomic E-state index is 11.8. The van der Waals surface area contributed by atoms with Gasteiger partial charge in [0, 0.05) is 14.2 Å². The van der Waals surface area contributed by atoms with E-state index in [2.05, 4.69) is 0 Å². The number of carbonyl (C=O) groups is 1. The first-order chi connectivity index (χ1) is 7.92. The van der Waals surface area contributed by atoms with Gasteiger partial charge < -0.3 is 18.9 Å². The molecule has 1 aliphatic rings. The minimum Gasteiger partial charge on any atom is -0.349 e. The Morgan fingerprint density at radius 1 is 1.35 bits per heavy atom. The third kappa shape index (κ3) is 2.82. The van der Waals surface area contributed by atoms with Gasteiger partial charge >= 0.3 is 0 Å². The molecule has 0 unspecified atom stereocenters. The molecule has 6 heteroatoms. The molecule has 0 radical (unpaired) electrons. The molecule has 0 spiro atoms. The van der Waals surface area contributed by atoms with Crippen molar-refractivity contribution in [2.24, 2.45) is 0 Å². The van der Waals surface area contributed by atoms with Crippen LogP contribution >= 0.6 is 11.8 Å². The van der Waals surface area contributed by atoms with Gasteiger partial charge in [-0.1, -0.05) is 18.7 Å². The van der Waals surface area contributed by atoms with Gasteiger partial charge in [0.1, 0.15) is 0 Å². The molecule has 3 atom stereocenters. The van der Waals surface area contributed by atoms with Crippen LogP contribution in [0.4, 0.5) is 0 Å². The summed E-state index contributed by atoms with van der Waals surface area (Å²) in [6.07, 6.45) is -0.617. The predicted octanol–water partition coefficient (Wildman–Crippen LogP) is 1.41. The summed E-state index contributed by atoms with van der Waals surface area (Å²) in [5, 5.41) is -0.0473. The lowest BCUT2D eigenvalue weighted by molar-refractivity contribution is -0.425. The summed E-state index contributed by atoms with van der Waals surface area (Å²) in [5.41, 5.74) is 0. The molecule has 0 aliphatic carbocycles. The smallest absolute Gasteiger partial charge is 0.221 e. The summed E-state index contributed by atoms with van der Waals surface area (Å²) >= 11 is 1.22. The highest BCUT2D eigenvalue weighted by atomic mass is 32.2. The fourth-order valence-corrected chi connectivity index (χ4v) is 2.19. The van der Waals surface area contributed by atoms with E-state index < -0.39 is 17.7 Å². The van der Waals surface area contributed by atoms with Gasteiger partial charge in [-0.2, -0.15) is 0 Å². The molecule has 0 bridgehead atoms. The Morgan fingerprint density at radius 2 is 1.94 bits per heavy atom. The van der Waals surface area contributed by atoms with Gasteiger partial charge in [-0.3, -0.25) is 4.79 Å². The van der Waals surface area contributed by atoms with E-state index in [-0.39, 0.29) is 11.7 Å². The second kappa shape index (κ2) is 5.67. The number of rotatable bonds is 4. The van der Waals surface area contributed by atoms with Crippen molar-refractivity contribution in [3.8, 4) is 0 Å². The van der Waals surface area contributed by atoms with Crippen molar-refractivity contribution < 1.29 is 23.7 Å². The van der Waals surface area contributed by atoms with Gasteiger partial charge in [-0.15, -0.1) is 0 Å². The SMILES string of the molecule is CCSC(=O)[C@@H]1CO[C@](C)(OC)[C@@](C)(OC)O1. The Kier molecular flexibility index (Phi) is 4.97. The molecule has 17 heavy (non-hydrogen) atoms. The first kappa shape index (κ1) is 14.9. The minimum absolute atomic E-state index is 0.0473. The van der Waals surface area contributed by atoms with E-state index in [0.717, 1.165) is 0 Å². The molecule has 1 saturated heterocycles. The van der Waals surface area contributed by atoms with Crippen LogP contribution in [0.15, 0.2) is 0 Å². The van der Waals surface area contributed by atoms with Gasteiger partial charge in [-0.25, -0.2) is 0 Å². The maximum Gasteiger partial charge on any atom is 0.221 e. The van der Waals surface area contributed by atoms with Crippen molar-refractivity contribution in [3.63, 3.8) is 0 Å². The zero-order valence-electron chi connectivity index (χ0n) is 10.9. The Balaban J connectivity index is 2.80. The molecule has 1 fully saturated rings. The van der Waals surface area contributed by atoms with Crippen molar-refractivity contribution in [1.29, 1.82) is 0 Å². The number of hydrogen-bond donors (Lipinski definition) is 0. The van der Waals surface area contributed by atoms with Crippen molar-refractivity contribution >= 4 is 16.9 Å². The molecule has 0 aromatic carbocycles. The summed E-state index contributed by atoms with van der Waals surface area (Å²) in [4.78, 5) is 11.8. The normalized spacial score (nSPS) is 38.1. The molecule has 0 N–H and O–H groups in total. The number of ether oxygens (including phenoxy) is 4. The average molecular weight is 264 g/mol. The quantitative estimate of drug-likeness (QED) is 0.765. The van der Waals surface area contributed by atoms with Gasteiger partial charge in [0.05, 0.1) is 6.61 Å². The van der Waals surface area contributed by atoms with Gasteiger partial charge in [-0.05, 0) is 19.6 Å². The van der Waals surface area contributed by atoms with Crippen molar-refractivity contribution in [2.75, 3.05) is 26.6 Å². The zero-order chi connectivity index (χ0) is 13.1. The van der Waals surface area contributed by atoms with Crippen LogP contribution < -0.4 is 0 Å². The summed E-state index contributed by atoms with van der Waals surface area (Å²) in [6, 6.07) is 0. The van der Waals surface area contributed by atoms with Gasteiger partial charge in [0.15, 0.2) is 6.10 Å². The predicted molar refractivity (Wildman–Crippen MR) is 64.8 cm³/mol. The summed E-state index contributed by atoms with van der Waals surface area (Å²) in [5.74, 6) is -1.41. The van der Waals surface area contributed by atoms with Crippen molar-refractivity contribution in [3.05, 3.63) is 0 Å². The number of hydrogen-bond acceptors (Lipinski definition) is 6. The van der Waals surface area contributed by atoms with Crippen LogP contribution in [0.25, 0.3) is 0 Å². The number of methoxy groups -OCH3 is 2. The molecule has 0 amide bonds. The first-order valence-electron chi connectivity index (χ1n) is 5.51. The molecular formula is C11H20O5S. The second-order valence-electron chi connectivity index (χ2n) is 3.97. The zero-order valence-corrected chi connectivity index (χ0v) is 11.8. The van der Waals surface area contributed by atoms with Crippen LogP contribution in [0.3, 0.4) is 0 Å². The third-order valence-electron chi connectivity index (χ3n) is 3.03. The van der Waals surface area contributed by atoms with Gasteiger partial charge in [0.25, 0.3) is 0 Å². The molecule has 1 aliphatic heterocycles. The van der Waals surface area contributed by atoms with Crippen LogP contribution in [0, 0.1) is 0 Å². The van der Waals surface area contributed by atoms with Crippen LogP contribution in [0.1, 0.15) is 20.8 Å². The Morgan fingerprint density at radius 3 is 2.41 bits per heavy atom. The Hall–Kier alpha value is -0.140. The topological polar surface area (TPSA) is 54.0 Å². The molecule has 0 aromatic rings. The average Bonchev–Trinajstić information content (AvgIpc) is 2.33. The van der Waals surface area contributed by atoms with Gasteiger partial charge in [0.2, 0.25) is 16.7 Å². The Bertz CT molecular complexity index is 285. The number of thioether (sulfide) groups is 1. The van der Waals surface area contributed by atoms with E-state index in [0.29, 0.717) is 5.75 Å². The summed E-state index contributed by atoms with van der Waals surface area (Å²) in [6.45, 7) is 5.52. The molecule has 100 valence electrons. The molecule has 0 saturated carbocycles. The fourth-order valence-electron chi connectivity index (χ4n) is 1.61. The largest absolute Gasteiger partial charge is 0.349 e. The van der Waals surface area contributed by atoms with Crippen LogP contribution in [0.2, 0.25) is 0 Å². The fraction of sp³-hybridized carbons (Fsp3) is 0.909.